The molecule has 0 spiro atoms. The lowest BCUT2D eigenvalue weighted by Gasteiger charge is -2.33. The maximum absolute atomic E-state index is 6.38. The van der Waals surface area contributed by atoms with Crippen LogP contribution in [-0.2, 0) is 6.42 Å². The largest absolute Gasteiger partial charge is 0.311 e. The van der Waals surface area contributed by atoms with Gasteiger partial charge < -0.3 is 5.32 Å². The number of hydrogen-bond acceptors (Lipinski definition) is 1. The van der Waals surface area contributed by atoms with Crippen LogP contribution in [0, 0.1) is 6.92 Å². The van der Waals surface area contributed by atoms with Crippen molar-refractivity contribution in [2.75, 3.05) is 6.54 Å². The van der Waals surface area contributed by atoms with E-state index in [4.69, 9.17) is 11.6 Å². The fraction of sp³-hybridized carbons (Fsp3) is 0.625. The first-order chi connectivity index (χ1) is 8.65. The normalized spacial score (nSPS) is 24.8. The molecule has 1 heterocycles. The van der Waals surface area contributed by atoms with Crippen molar-refractivity contribution in [1.82, 2.24) is 5.32 Å². The van der Waals surface area contributed by atoms with Crippen LogP contribution >= 0.6 is 11.6 Å². The first-order valence-corrected chi connectivity index (χ1v) is 7.53. The molecule has 1 aliphatic heterocycles. The number of rotatable bonds is 3. The molecule has 2 heteroatoms. The second kappa shape index (κ2) is 6.08. The molecule has 1 N–H and O–H groups in total. The van der Waals surface area contributed by atoms with Crippen LogP contribution < -0.4 is 5.32 Å². The highest BCUT2D eigenvalue weighted by Crippen LogP contribution is 2.29. The zero-order valence-electron chi connectivity index (χ0n) is 11.6. The Bertz CT molecular complexity index is 392. The molecule has 0 saturated carbocycles. The molecule has 0 amide bonds. The number of hydrogen-bond donors (Lipinski definition) is 1. The maximum atomic E-state index is 6.38. The Morgan fingerprint density at radius 1 is 1.28 bits per heavy atom. The summed E-state index contributed by atoms with van der Waals surface area (Å²) in [5, 5.41) is 4.70. The van der Waals surface area contributed by atoms with E-state index in [1.54, 1.807) is 0 Å². The Morgan fingerprint density at radius 2 is 2.11 bits per heavy atom. The van der Waals surface area contributed by atoms with Crippen molar-refractivity contribution in [2.24, 2.45) is 0 Å². The second-order valence-electron chi connectivity index (χ2n) is 5.64. The van der Waals surface area contributed by atoms with Crippen LogP contribution in [0.5, 0.6) is 0 Å². The van der Waals surface area contributed by atoms with Gasteiger partial charge in [0.25, 0.3) is 0 Å². The fourth-order valence-electron chi connectivity index (χ4n) is 2.95. The number of halogens is 1. The number of nitrogens with one attached hydrogen (secondary N) is 1. The molecule has 1 unspecified atom stereocenters. The van der Waals surface area contributed by atoms with Gasteiger partial charge in [0, 0.05) is 10.6 Å². The highest BCUT2D eigenvalue weighted by molar-refractivity contribution is 6.31. The van der Waals surface area contributed by atoms with Crippen LogP contribution in [0.15, 0.2) is 18.2 Å². The van der Waals surface area contributed by atoms with Crippen molar-refractivity contribution in [2.45, 2.75) is 57.9 Å². The minimum absolute atomic E-state index is 0.259. The molecule has 1 aliphatic rings. The first-order valence-electron chi connectivity index (χ1n) is 7.15. The van der Waals surface area contributed by atoms with Crippen LogP contribution in [0.25, 0.3) is 0 Å². The molecule has 2 rings (SSSR count). The standard InChI is InChI=1S/C16H24ClN/c1-3-16(9-5-4-6-10-18-16)12-14-8-7-13(2)11-15(14)17/h7-8,11,18H,3-6,9-10,12H2,1-2H3. The van der Waals surface area contributed by atoms with Crippen molar-refractivity contribution in [3.05, 3.63) is 34.3 Å². The predicted molar refractivity (Wildman–Crippen MR) is 79.4 cm³/mol. The minimum Gasteiger partial charge on any atom is -0.311 e. The summed E-state index contributed by atoms with van der Waals surface area (Å²) in [4.78, 5) is 0. The molecule has 1 atom stereocenters. The van der Waals surface area contributed by atoms with E-state index in [0.717, 1.165) is 18.0 Å². The molecule has 1 aromatic carbocycles. The van der Waals surface area contributed by atoms with Gasteiger partial charge in [-0.2, -0.15) is 0 Å². The van der Waals surface area contributed by atoms with E-state index >= 15 is 0 Å². The summed E-state index contributed by atoms with van der Waals surface area (Å²) in [6, 6.07) is 6.44. The molecule has 1 fully saturated rings. The molecular formula is C16H24ClN. The van der Waals surface area contributed by atoms with Crippen molar-refractivity contribution >= 4 is 11.6 Å². The van der Waals surface area contributed by atoms with E-state index in [2.05, 4.69) is 37.4 Å². The van der Waals surface area contributed by atoms with Crippen molar-refractivity contribution < 1.29 is 0 Å². The molecule has 0 bridgehead atoms. The van der Waals surface area contributed by atoms with Crippen LogP contribution in [0.4, 0.5) is 0 Å². The van der Waals surface area contributed by atoms with Gasteiger partial charge in [-0.05, 0) is 56.3 Å². The topological polar surface area (TPSA) is 12.0 Å². The van der Waals surface area contributed by atoms with Crippen LogP contribution in [0.2, 0.25) is 5.02 Å². The molecule has 1 aromatic rings. The molecule has 100 valence electrons. The third-order valence-electron chi connectivity index (χ3n) is 4.25. The Labute approximate surface area is 116 Å². The van der Waals surface area contributed by atoms with E-state index in [9.17, 15) is 0 Å². The number of aryl methyl sites for hydroxylation is 1. The summed E-state index contributed by atoms with van der Waals surface area (Å²) in [7, 11) is 0. The summed E-state index contributed by atoms with van der Waals surface area (Å²) < 4.78 is 0. The highest BCUT2D eigenvalue weighted by Gasteiger charge is 2.29. The zero-order chi connectivity index (χ0) is 13.0. The van der Waals surface area contributed by atoms with Gasteiger partial charge in [0.1, 0.15) is 0 Å². The zero-order valence-corrected chi connectivity index (χ0v) is 12.3. The summed E-state index contributed by atoms with van der Waals surface area (Å²) >= 11 is 6.38. The maximum Gasteiger partial charge on any atom is 0.0441 e. The van der Waals surface area contributed by atoms with Crippen molar-refractivity contribution in [1.29, 1.82) is 0 Å². The summed E-state index contributed by atoms with van der Waals surface area (Å²) in [5.41, 5.74) is 2.79. The van der Waals surface area contributed by atoms with Gasteiger partial charge in [-0.3, -0.25) is 0 Å². The molecule has 1 saturated heterocycles. The van der Waals surface area contributed by atoms with Gasteiger partial charge in [-0.1, -0.05) is 43.5 Å². The van der Waals surface area contributed by atoms with Crippen LogP contribution in [0.3, 0.4) is 0 Å². The van der Waals surface area contributed by atoms with Gasteiger partial charge in [-0.15, -0.1) is 0 Å². The molecule has 0 aliphatic carbocycles. The lowest BCUT2D eigenvalue weighted by molar-refractivity contribution is 0.302. The van der Waals surface area contributed by atoms with Gasteiger partial charge in [0.05, 0.1) is 0 Å². The Kier molecular flexibility index (Phi) is 4.69. The average Bonchev–Trinajstić information content (AvgIpc) is 2.59. The summed E-state index contributed by atoms with van der Waals surface area (Å²) in [6.45, 7) is 5.53. The molecule has 0 radical (unpaired) electrons. The highest BCUT2D eigenvalue weighted by atomic mass is 35.5. The van der Waals surface area contributed by atoms with Crippen molar-refractivity contribution in [3.8, 4) is 0 Å². The quantitative estimate of drug-likeness (QED) is 0.848. The molecular weight excluding hydrogens is 242 g/mol. The minimum atomic E-state index is 0.259. The van der Waals surface area contributed by atoms with Gasteiger partial charge in [0.15, 0.2) is 0 Å². The predicted octanol–water partition coefficient (Wildman–Crippen LogP) is 4.50. The Morgan fingerprint density at radius 3 is 2.83 bits per heavy atom. The SMILES string of the molecule is CCC1(Cc2ccc(C)cc2Cl)CCCCCN1. The second-order valence-corrected chi connectivity index (χ2v) is 6.05. The Hall–Kier alpha value is -0.530. The fourth-order valence-corrected chi connectivity index (χ4v) is 3.25. The lowest BCUT2D eigenvalue weighted by atomic mass is 9.84. The third-order valence-corrected chi connectivity index (χ3v) is 4.60. The summed E-state index contributed by atoms with van der Waals surface area (Å²) in [5.74, 6) is 0. The monoisotopic (exact) mass is 265 g/mol. The van der Waals surface area contributed by atoms with E-state index in [1.807, 2.05) is 0 Å². The first kappa shape index (κ1) is 13.9. The molecule has 1 nitrogen and oxygen atoms in total. The summed E-state index contributed by atoms with van der Waals surface area (Å²) in [6.07, 6.45) is 7.51. The smallest absolute Gasteiger partial charge is 0.0441 e. The van der Waals surface area contributed by atoms with Gasteiger partial charge in [0.2, 0.25) is 0 Å². The Balaban J connectivity index is 2.18. The van der Waals surface area contributed by atoms with Crippen molar-refractivity contribution in [3.63, 3.8) is 0 Å². The van der Waals surface area contributed by atoms with E-state index < -0.39 is 0 Å². The third kappa shape index (κ3) is 3.27. The lowest BCUT2D eigenvalue weighted by Crippen LogP contribution is -2.46. The average molecular weight is 266 g/mol. The molecule has 0 aromatic heterocycles. The molecule has 18 heavy (non-hydrogen) atoms. The van der Waals surface area contributed by atoms with E-state index in [1.165, 1.54) is 43.2 Å². The van der Waals surface area contributed by atoms with Gasteiger partial charge >= 0.3 is 0 Å². The van der Waals surface area contributed by atoms with Gasteiger partial charge in [-0.25, -0.2) is 0 Å². The number of benzene rings is 1. The van der Waals surface area contributed by atoms with E-state index in [0.29, 0.717) is 0 Å². The van der Waals surface area contributed by atoms with Crippen LogP contribution in [-0.4, -0.2) is 12.1 Å². The van der Waals surface area contributed by atoms with Crippen LogP contribution in [0.1, 0.15) is 50.2 Å². The van der Waals surface area contributed by atoms with E-state index in [-0.39, 0.29) is 5.54 Å².